The molecule has 130 valence electrons. The van der Waals surface area contributed by atoms with E-state index in [0.29, 0.717) is 6.61 Å². The molecule has 0 radical (unpaired) electrons. The number of rotatable bonds is 2. The summed E-state index contributed by atoms with van der Waals surface area (Å²) in [5, 5.41) is 4.18. The Morgan fingerprint density at radius 2 is 1.76 bits per heavy atom. The molecule has 1 N–H and O–H groups in total. The summed E-state index contributed by atoms with van der Waals surface area (Å²) in [5.41, 5.74) is 3.85. The van der Waals surface area contributed by atoms with Crippen LogP contribution in [0.4, 0.5) is 0 Å². The quantitative estimate of drug-likeness (QED) is 0.837. The van der Waals surface area contributed by atoms with E-state index in [0.717, 1.165) is 55.7 Å². The van der Waals surface area contributed by atoms with E-state index in [1.54, 1.807) is 0 Å². The zero-order chi connectivity index (χ0) is 17.1. The van der Waals surface area contributed by atoms with Crippen LogP contribution in [0.1, 0.15) is 23.1 Å². The van der Waals surface area contributed by atoms with Crippen molar-refractivity contribution < 1.29 is 9.47 Å². The number of fused-ring (bicyclic) bond motifs is 2. The lowest BCUT2D eigenvalue weighted by Gasteiger charge is -2.31. The van der Waals surface area contributed by atoms with Gasteiger partial charge >= 0.3 is 0 Å². The van der Waals surface area contributed by atoms with Crippen molar-refractivity contribution in [3.8, 4) is 11.5 Å². The fourth-order valence-corrected chi connectivity index (χ4v) is 3.50. The zero-order valence-corrected chi connectivity index (χ0v) is 15.0. The molecule has 0 bridgehead atoms. The summed E-state index contributed by atoms with van der Waals surface area (Å²) >= 11 is 5.60. The Labute approximate surface area is 153 Å². The van der Waals surface area contributed by atoms with E-state index < -0.39 is 0 Å². The SMILES string of the molecule is S=C(NCc1ccccc1)N1CCc2cc3c(cc2C1)OCCCO3. The van der Waals surface area contributed by atoms with Crippen molar-refractivity contribution in [2.24, 2.45) is 0 Å². The monoisotopic (exact) mass is 354 g/mol. The van der Waals surface area contributed by atoms with Gasteiger partial charge in [-0.2, -0.15) is 0 Å². The molecule has 2 heterocycles. The minimum Gasteiger partial charge on any atom is -0.490 e. The van der Waals surface area contributed by atoms with Crippen LogP contribution in [0.25, 0.3) is 0 Å². The molecule has 5 heteroatoms. The highest BCUT2D eigenvalue weighted by atomic mass is 32.1. The van der Waals surface area contributed by atoms with Crippen LogP contribution in [0.15, 0.2) is 42.5 Å². The van der Waals surface area contributed by atoms with Crippen molar-refractivity contribution in [3.05, 3.63) is 59.2 Å². The summed E-state index contributed by atoms with van der Waals surface area (Å²) in [5.74, 6) is 1.75. The first-order chi connectivity index (χ1) is 12.3. The molecule has 2 aliphatic rings. The molecule has 0 aromatic heterocycles. The van der Waals surface area contributed by atoms with Crippen LogP contribution in [-0.4, -0.2) is 29.8 Å². The molecule has 2 aliphatic heterocycles. The third kappa shape index (κ3) is 3.71. The Hall–Kier alpha value is -2.27. The predicted molar refractivity (Wildman–Crippen MR) is 102 cm³/mol. The Kier molecular flexibility index (Phi) is 4.74. The van der Waals surface area contributed by atoms with Gasteiger partial charge in [0.05, 0.1) is 13.2 Å². The highest BCUT2D eigenvalue weighted by Gasteiger charge is 2.22. The van der Waals surface area contributed by atoms with E-state index in [1.807, 2.05) is 18.2 Å². The Bertz CT molecular complexity index is 764. The molecule has 0 atom stereocenters. The number of ether oxygens (including phenoxy) is 2. The summed E-state index contributed by atoms with van der Waals surface area (Å²) in [6.45, 7) is 3.93. The number of benzene rings is 2. The first-order valence-electron chi connectivity index (χ1n) is 8.78. The van der Waals surface area contributed by atoms with Gasteiger partial charge in [0.2, 0.25) is 0 Å². The minimum absolute atomic E-state index is 0.715. The largest absolute Gasteiger partial charge is 0.490 e. The van der Waals surface area contributed by atoms with Gasteiger partial charge in [-0.25, -0.2) is 0 Å². The third-order valence-electron chi connectivity index (χ3n) is 4.66. The average molecular weight is 354 g/mol. The van der Waals surface area contributed by atoms with Crippen LogP contribution in [0.3, 0.4) is 0 Å². The van der Waals surface area contributed by atoms with Gasteiger partial charge in [-0.3, -0.25) is 0 Å². The number of hydrogen-bond acceptors (Lipinski definition) is 3. The lowest BCUT2D eigenvalue weighted by molar-refractivity contribution is 0.297. The molecule has 2 aromatic carbocycles. The molecule has 0 spiro atoms. The molecule has 0 fully saturated rings. The summed E-state index contributed by atoms with van der Waals surface area (Å²) in [6, 6.07) is 14.6. The number of hydrogen-bond donors (Lipinski definition) is 1. The van der Waals surface area contributed by atoms with E-state index in [-0.39, 0.29) is 0 Å². The molecule has 4 rings (SSSR count). The topological polar surface area (TPSA) is 33.7 Å². The van der Waals surface area contributed by atoms with Crippen LogP contribution in [0.2, 0.25) is 0 Å². The number of thiocarbonyl (C=S) groups is 1. The maximum Gasteiger partial charge on any atom is 0.169 e. The minimum atomic E-state index is 0.715. The molecule has 2 aromatic rings. The molecule has 4 nitrogen and oxygen atoms in total. The second kappa shape index (κ2) is 7.31. The summed E-state index contributed by atoms with van der Waals surface area (Å²) in [6.07, 6.45) is 1.90. The second-order valence-electron chi connectivity index (χ2n) is 6.43. The lowest BCUT2D eigenvalue weighted by Crippen LogP contribution is -2.42. The number of nitrogens with zero attached hydrogens (tertiary/aromatic N) is 1. The van der Waals surface area contributed by atoms with Crippen molar-refractivity contribution in [2.75, 3.05) is 19.8 Å². The summed E-state index contributed by atoms with van der Waals surface area (Å²) in [4.78, 5) is 2.23. The fourth-order valence-electron chi connectivity index (χ4n) is 3.27. The highest BCUT2D eigenvalue weighted by molar-refractivity contribution is 7.80. The van der Waals surface area contributed by atoms with E-state index in [1.165, 1.54) is 16.7 Å². The van der Waals surface area contributed by atoms with Crippen LogP contribution < -0.4 is 14.8 Å². The molecule has 0 saturated heterocycles. The van der Waals surface area contributed by atoms with Gasteiger partial charge in [-0.15, -0.1) is 0 Å². The smallest absolute Gasteiger partial charge is 0.169 e. The molecule has 25 heavy (non-hydrogen) atoms. The second-order valence-corrected chi connectivity index (χ2v) is 6.82. The third-order valence-corrected chi connectivity index (χ3v) is 5.06. The van der Waals surface area contributed by atoms with Crippen LogP contribution in [0, 0.1) is 0 Å². The normalized spacial score (nSPS) is 15.9. The highest BCUT2D eigenvalue weighted by Crippen LogP contribution is 2.35. The van der Waals surface area contributed by atoms with Gasteiger partial charge in [0, 0.05) is 26.1 Å². The standard InChI is InChI=1S/C20H22N2O2S/c25-20(21-13-15-5-2-1-3-6-15)22-8-7-16-11-18-19(12-17(16)14-22)24-10-4-9-23-18/h1-3,5-6,11-12H,4,7-10,13-14H2,(H,21,25). The molecule has 0 saturated carbocycles. The molecule has 0 amide bonds. The maximum absolute atomic E-state index is 5.82. The van der Waals surface area contributed by atoms with Gasteiger partial charge < -0.3 is 19.7 Å². The first-order valence-corrected chi connectivity index (χ1v) is 9.18. The van der Waals surface area contributed by atoms with Gasteiger partial charge in [-0.1, -0.05) is 30.3 Å². The van der Waals surface area contributed by atoms with Crippen molar-refractivity contribution in [2.45, 2.75) is 25.9 Å². The molecular weight excluding hydrogens is 332 g/mol. The van der Waals surface area contributed by atoms with Crippen molar-refractivity contribution in [1.29, 1.82) is 0 Å². The van der Waals surface area contributed by atoms with Gasteiger partial charge in [0.25, 0.3) is 0 Å². The lowest BCUT2D eigenvalue weighted by atomic mass is 9.99. The van der Waals surface area contributed by atoms with E-state index in [9.17, 15) is 0 Å². The number of nitrogens with one attached hydrogen (secondary N) is 1. The van der Waals surface area contributed by atoms with E-state index in [4.69, 9.17) is 21.7 Å². The van der Waals surface area contributed by atoms with Crippen LogP contribution in [0.5, 0.6) is 11.5 Å². The average Bonchev–Trinajstić information content (AvgIpc) is 2.89. The van der Waals surface area contributed by atoms with E-state index >= 15 is 0 Å². The van der Waals surface area contributed by atoms with Crippen LogP contribution in [-0.2, 0) is 19.5 Å². The van der Waals surface area contributed by atoms with Crippen molar-refractivity contribution in [1.82, 2.24) is 10.2 Å². The summed E-state index contributed by atoms with van der Waals surface area (Å²) < 4.78 is 11.6. The molecule has 0 aliphatic carbocycles. The van der Waals surface area contributed by atoms with Crippen molar-refractivity contribution >= 4 is 17.3 Å². The molecule has 0 unspecified atom stereocenters. The van der Waals surface area contributed by atoms with E-state index in [2.05, 4.69) is 34.5 Å². The van der Waals surface area contributed by atoms with Gasteiger partial charge in [0.1, 0.15) is 0 Å². The van der Waals surface area contributed by atoms with Gasteiger partial charge in [-0.05, 0) is 47.5 Å². The predicted octanol–water partition coefficient (Wildman–Crippen LogP) is 3.28. The maximum atomic E-state index is 5.82. The Balaban J connectivity index is 1.43. The summed E-state index contributed by atoms with van der Waals surface area (Å²) in [7, 11) is 0. The van der Waals surface area contributed by atoms with Gasteiger partial charge in [0.15, 0.2) is 16.6 Å². The van der Waals surface area contributed by atoms with Crippen LogP contribution >= 0.6 is 12.2 Å². The first kappa shape index (κ1) is 16.2. The van der Waals surface area contributed by atoms with Crippen molar-refractivity contribution in [3.63, 3.8) is 0 Å². The molecular formula is C20H22N2O2S. The Morgan fingerprint density at radius 1 is 1.04 bits per heavy atom. The fraction of sp³-hybridized carbons (Fsp3) is 0.350. The Morgan fingerprint density at radius 3 is 2.52 bits per heavy atom. The zero-order valence-electron chi connectivity index (χ0n) is 14.2.